The Morgan fingerprint density at radius 2 is 2.13 bits per heavy atom. The van der Waals surface area contributed by atoms with Crippen LogP contribution >= 0.6 is 0 Å². The summed E-state index contributed by atoms with van der Waals surface area (Å²) < 4.78 is 0. The molecular formula is C23H27N5O2. The summed E-state index contributed by atoms with van der Waals surface area (Å²) in [5, 5.41) is 25.8. The molecule has 2 aliphatic rings. The van der Waals surface area contributed by atoms with E-state index >= 15 is 0 Å². The van der Waals surface area contributed by atoms with E-state index in [1.807, 2.05) is 30.3 Å². The molecule has 156 valence electrons. The third-order valence-corrected chi connectivity index (χ3v) is 6.21. The van der Waals surface area contributed by atoms with Gasteiger partial charge in [0.2, 0.25) is 5.91 Å². The second-order valence-electron chi connectivity index (χ2n) is 8.16. The number of carbonyl (C=O) groups is 1. The zero-order valence-electron chi connectivity index (χ0n) is 16.9. The molecule has 2 aliphatic heterocycles. The lowest BCUT2D eigenvalue weighted by molar-refractivity contribution is -0.134. The summed E-state index contributed by atoms with van der Waals surface area (Å²) in [6, 6.07) is 15.1. The quantitative estimate of drug-likeness (QED) is 0.681. The molecule has 2 fully saturated rings. The molecule has 0 aliphatic carbocycles. The number of benzene rings is 1. The van der Waals surface area contributed by atoms with E-state index in [1.165, 1.54) is 0 Å². The summed E-state index contributed by atoms with van der Waals surface area (Å²) in [5.41, 5.74) is 0.782. The Kier molecular flexibility index (Phi) is 5.98. The highest BCUT2D eigenvalue weighted by Gasteiger charge is 2.51. The molecule has 0 bridgehead atoms. The van der Waals surface area contributed by atoms with Gasteiger partial charge in [-0.2, -0.15) is 5.26 Å². The number of nitrogens with zero attached hydrogens (tertiary/aromatic N) is 3. The summed E-state index contributed by atoms with van der Waals surface area (Å²) >= 11 is 0. The van der Waals surface area contributed by atoms with Gasteiger partial charge in [0.1, 0.15) is 17.4 Å². The zero-order chi connectivity index (χ0) is 21.0. The highest BCUT2D eigenvalue weighted by atomic mass is 16.3. The predicted molar refractivity (Wildman–Crippen MR) is 114 cm³/mol. The summed E-state index contributed by atoms with van der Waals surface area (Å²) in [6.07, 6.45) is 4.46. The molecule has 1 aromatic heterocycles. The van der Waals surface area contributed by atoms with E-state index in [0.29, 0.717) is 17.8 Å². The maximum atomic E-state index is 13.3. The van der Waals surface area contributed by atoms with Gasteiger partial charge >= 0.3 is 0 Å². The van der Waals surface area contributed by atoms with Crippen molar-refractivity contribution in [1.82, 2.24) is 15.2 Å². The number of nitrogens with one attached hydrogen (secondary N) is 2. The molecular weight excluding hydrogens is 378 g/mol. The fourth-order valence-electron chi connectivity index (χ4n) is 4.68. The molecule has 0 unspecified atom stereocenters. The van der Waals surface area contributed by atoms with Crippen molar-refractivity contribution in [3.8, 4) is 6.07 Å². The molecule has 0 saturated carbocycles. The van der Waals surface area contributed by atoms with E-state index in [2.05, 4.69) is 26.6 Å². The lowest BCUT2D eigenvalue weighted by Gasteiger charge is -2.40. The van der Waals surface area contributed by atoms with Crippen molar-refractivity contribution in [1.29, 1.82) is 5.26 Å². The van der Waals surface area contributed by atoms with Crippen LogP contribution in [0.2, 0.25) is 0 Å². The lowest BCUT2D eigenvalue weighted by atomic mass is 9.84. The van der Waals surface area contributed by atoms with Crippen molar-refractivity contribution in [2.45, 2.75) is 43.4 Å². The topological polar surface area (TPSA) is 101 Å². The number of aliphatic hydroxyl groups is 1. The molecule has 7 nitrogen and oxygen atoms in total. The van der Waals surface area contributed by atoms with Gasteiger partial charge in [-0.1, -0.05) is 30.3 Å². The van der Waals surface area contributed by atoms with E-state index < -0.39 is 11.6 Å². The van der Waals surface area contributed by atoms with Gasteiger partial charge in [-0.3, -0.25) is 9.69 Å². The van der Waals surface area contributed by atoms with E-state index in [9.17, 15) is 9.90 Å². The monoisotopic (exact) mass is 405 g/mol. The van der Waals surface area contributed by atoms with E-state index in [4.69, 9.17) is 5.26 Å². The Morgan fingerprint density at radius 3 is 2.87 bits per heavy atom. The fourth-order valence-corrected chi connectivity index (χ4v) is 4.68. The largest absolute Gasteiger partial charge is 0.387 e. The SMILES string of the molecule is N#Cc1ccc(N[C@@H]2CN3CCCC[C@@]3(C(=O)NC[C@H](O)c3ccccc3)C2)nc1. The molecule has 3 N–H and O–H groups in total. The van der Waals surface area contributed by atoms with Gasteiger partial charge in [-0.05, 0) is 49.9 Å². The average molecular weight is 406 g/mol. The number of hydrogen-bond acceptors (Lipinski definition) is 6. The first kappa shape index (κ1) is 20.3. The Labute approximate surface area is 176 Å². The van der Waals surface area contributed by atoms with Gasteiger partial charge in [0.15, 0.2) is 0 Å². The standard InChI is InChI=1S/C23H27N5O2/c24-13-17-8-9-21(25-14-17)27-19-12-23(10-4-5-11-28(23)16-19)22(30)26-15-20(29)18-6-2-1-3-7-18/h1-3,6-9,14,19-20,29H,4-5,10-12,15-16H2,(H,25,27)(H,26,30)/t19-,20-,23-/m0/s1. The first-order valence-electron chi connectivity index (χ1n) is 10.5. The molecule has 3 atom stereocenters. The van der Waals surface area contributed by atoms with Crippen molar-refractivity contribution in [3.63, 3.8) is 0 Å². The number of amides is 1. The van der Waals surface area contributed by atoms with E-state index in [0.717, 1.165) is 37.9 Å². The van der Waals surface area contributed by atoms with Crippen LogP contribution in [0.15, 0.2) is 48.7 Å². The van der Waals surface area contributed by atoms with Crippen LogP contribution in [0, 0.1) is 11.3 Å². The smallest absolute Gasteiger partial charge is 0.240 e. The van der Waals surface area contributed by atoms with Crippen molar-refractivity contribution in [2.75, 3.05) is 25.0 Å². The Bertz CT molecular complexity index is 911. The summed E-state index contributed by atoms with van der Waals surface area (Å²) in [4.78, 5) is 19.9. The van der Waals surface area contributed by atoms with E-state index in [1.54, 1.807) is 18.3 Å². The van der Waals surface area contributed by atoms with Crippen LogP contribution in [-0.2, 0) is 4.79 Å². The molecule has 3 heterocycles. The minimum Gasteiger partial charge on any atom is -0.387 e. The Hall–Kier alpha value is -2.95. The highest BCUT2D eigenvalue weighted by molar-refractivity contribution is 5.87. The maximum absolute atomic E-state index is 13.3. The first-order chi connectivity index (χ1) is 14.6. The number of aromatic nitrogens is 1. The Morgan fingerprint density at radius 1 is 1.30 bits per heavy atom. The second kappa shape index (κ2) is 8.82. The van der Waals surface area contributed by atoms with Gasteiger partial charge in [0, 0.05) is 25.3 Å². The highest BCUT2D eigenvalue weighted by Crippen LogP contribution is 2.39. The molecule has 2 aromatic rings. The number of carbonyl (C=O) groups excluding carboxylic acids is 1. The molecule has 1 amide bonds. The zero-order valence-corrected chi connectivity index (χ0v) is 16.9. The fraction of sp³-hybridized carbons (Fsp3) is 0.435. The van der Waals surface area contributed by atoms with Crippen LogP contribution in [-0.4, -0.2) is 52.1 Å². The number of hydrogen-bond donors (Lipinski definition) is 3. The minimum atomic E-state index is -0.721. The van der Waals surface area contributed by atoms with Crippen LogP contribution in [0.5, 0.6) is 0 Å². The van der Waals surface area contributed by atoms with Crippen molar-refractivity contribution < 1.29 is 9.90 Å². The van der Waals surface area contributed by atoms with Crippen LogP contribution in [0.1, 0.15) is 42.9 Å². The molecule has 30 heavy (non-hydrogen) atoms. The number of piperidine rings is 1. The summed E-state index contributed by atoms with van der Waals surface area (Å²) in [6.45, 7) is 1.87. The van der Waals surface area contributed by atoms with Gasteiger partial charge in [0.05, 0.1) is 11.7 Å². The number of anilines is 1. The maximum Gasteiger partial charge on any atom is 0.240 e. The van der Waals surface area contributed by atoms with Gasteiger partial charge in [-0.25, -0.2) is 4.98 Å². The van der Waals surface area contributed by atoms with Crippen molar-refractivity contribution in [2.24, 2.45) is 0 Å². The third-order valence-electron chi connectivity index (χ3n) is 6.21. The van der Waals surface area contributed by atoms with Crippen molar-refractivity contribution >= 4 is 11.7 Å². The molecule has 7 heteroatoms. The van der Waals surface area contributed by atoms with Gasteiger partial charge < -0.3 is 15.7 Å². The minimum absolute atomic E-state index is 0.00531. The van der Waals surface area contributed by atoms with Gasteiger partial charge in [-0.15, -0.1) is 0 Å². The summed E-state index contributed by atoms with van der Waals surface area (Å²) in [7, 11) is 0. The molecule has 0 radical (unpaired) electrons. The van der Waals surface area contributed by atoms with Gasteiger partial charge in [0.25, 0.3) is 0 Å². The average Bonchev–Trinajstić information content (AvgIpc) is 3.17. The van der Waals surface area contributed by atoms with Crippen LogP contribution in [0.25, 0.3) is 0 Å². The molecule has 1 aromatic carbocycles. The number of rotatable bonds is 6. The van der Waals surface area contributed by atoms with Crippen molar-refractivity contribution in [3.05, 3.63) is 59.8 Å². The predicted octanol–water partition coefficient (Wildman–Crippen LogP) is 2.21. The normalized spacial score (nSPS) is 24.5. The lowest BCUT2D eigenvalue weighted by Crippen LogP contribution is -2.57. The first-order valence-corrected chi connectivity index (χ1v) is 10.5. The van der Waals surface area contributed by atoms with Crippen LogP contribution < -0.4 is 10.6 Å². The number of fused-ring (bicyclic) bond motifs is 1. The Balaban J connectivity index is 1.42. The molecule has 4 rings (SSSR count). The molecule has 0 spiro atoms. The van der Waals surface area contributed by atoms with Crippen LogP contribution in [0.4, 0.5) is 5.82 Å². The third kappa shape index (κ3) is 4.16. The van der Waals surface area contributed by atoms with E-state index in [-0.39, 0.29) is 18.5 Å². The number of aliphatic hydroxyl groups excluding tert-OH is 1. The summed E-state index contributed by atoms with van der Waals surface area (Å²) in [5.74, 6) is 0.711. The van der Waals surface area contributed by atoms with Crippen LogP contribution in [0.3, 0.4) is 0 Å². The molecule has 2 saturated heterocycles. The second-order valence-corrected chi connectivity index (χ2v) is 8.16. The number of pyridine rings is 1. The number of nitriles is 1.